The highest BCUT2D eigenvalue weighted by molar-refractivity contribution is 7.95. The van der Waals surface area contributed by atoms with E-state index >= 15 is 0 Å². The molecule has 0 heterocycles. The van der Waals surface area contributed by atoms with E-state index in [1.807, 2.05) is 163 Å². The Morgan fingerprint density at radius 2 is 0.728 bits per heavy atom. The van der Waals surface area contributed by atoms with Crippen molar-refractivity contribution in [3.05, 3.63) is 135 Å². The Morgan fingerprint density at radius 3 is 0.888 bits per heavy atom. The number of allylic oxidation sites excluding steroid dienone is 10. The fraction of sp³-hybridized carbons (Fsp3) is 0.643. The number of rotatable bonds is 32. The highest BCUT2D eigenvalue weighted by Crippen LogP contribution is 2.06. The number of ketones is 8. The van der Waals surface area contributed by atoms with Crippen LogP contribution in [-0.2, 0) is 92.3 Å². The van der Waals surface area contributed by atoms with Crippen molar-refractivity contribution in [1.29, 1.82) is 0 Å². The second-order valence-electron chi connectivity index (χ2n) is 33.6. The zero-order chi connectivity index (χ0) is 103. The van der Waals surface area contributed by atoms with Gasteiger partial charge < -0.3 is 16.0 Å². The van der Waals surface area contributed by atoms with Gasteiger partial charge in [0.15, 0.2) is 48.6 Å². The number of amides is 3. The maximum atomic E-state index is 10.9. The summed E-state index contributed by atoms with van der Waals surface area (Å²) < 4.78 is 87.5. The lowest BCUT2D eigenvalue weighted by molar-refractivity contribution is -0.120. The van der Waals surface area contributed by atoms with Crippen LogP contribution in [0.15, 0.2) is 135 Å². The van der Waals surface area contributed by atoms with E-state index in [2.05, 4.69) is 87.8 Å². The molecule has 0 aliphatic carbocycles. The standard InChI is InChI=1S/C9H16O.C8H15NO.2C8H14O.2C7H13NO.C7H12O.C6H13NO2S.C6H12O2S.C6H10O.C6H8O.C5H10O2S.2C5H10O.C4H10O2S.CH4/c1-4-5-6-9(10)7-8(2)3;1-4-8(10)9-6-5-7(2)3;1-4-5-8(9)6-7(2)3;1-4-5-6-8(9)7(2)3;1-5-6(9)8-7(2,3)4;1-4-7(9)8-5-6(2)3;1-4-5-7(8)6(2)3;1-5-10(8,9)7-6(2,3)4;1-4-5-9(7,8)6(2)3;2*1-4-6(7)5(2)3;1-4-8(6,7)5(2)3;2*1-4(2)5(3)6;1-4(2)7(3,5)6;/h5-6,8H,4,7H2,1-3H3;4,7H,1,5-6H2,2-3H3,(H,9,10);4-5,7H,6H2,1-3H3;5-7H,4H2,1-3H3;5H,1H2,2-4H3,(H,8,9);4,6H,1,5H2,2-3H3,(H,8,9);4-6H,1-3H3;5,7H,1H2,2-4H3;4-6H,1-3H3;4-5H,1H2,2-3H3;1,5H,2-3H3;4-5H,1H2,2-3H3;2*4H,1-3H3;4H,1-3H3;1H4/b6-5+;;5-4+;6-5+;;;5-4+;;5-4+;;;;;;;. The maximum absolute atomic E-state index is 10.9. The van der Waals surface area contributed by atoms with Gasteiger partial charge in [0.2, 0.25) is 33.5 Å². The van der Waals surface area contributed by atoms with E-state index in [0.29, 0.717) is 36.5 Å². The van der Waals surface area contributed by atoms with Crippen molar-refractivity contribution in [3.63, 3.8) is 0 Å². The third-order valence-electron chi connectivity index (χ3n) is 13.3. The Bertz CT molecular complexity index is 3610. The average molecular weight is 1850 g/mol. The lowest BCUT2D eigenvalue weighted by atomic mass is 10.1. The maximum Gasteiger partial charge on any atom is 0.243 e. The molecule has 0 saturated heterocycles. The Hall–Kier alpha value is -7.77. The molecule has 23 nitrogen and oxygen atoms in total. The molecule has 0 aromatic carbocycles. The number of terminal acetylenes is 1. The van der Waals surface area contributed by atoms with Gasteiger partial charge in [-0.3, -0.25) is 52.7 Å². The highest BCUT2D eigenvalue weighted by atomic mass is 32.2. The first-order valence-electron chi connectivity index (χ1n) is 42.1. The van der Waals surface area contributed by atoms with Crippen molar-refractivity contribution in [2.45, 2.75) is 336 Å². The van der Waals surface area contributed by atoms with Gasteiger partial charge in [-0.15, -0.1) is 6.42 Å². The lowest BCUT2D eigenvalue weighted by Gasteiger charge is -2.18. The van der Waals surface area contributed by atoms with Crippen LogP contribution in [0.25, 0.3) is 0 Å². The van der Waals surface area contributed by atoms with Gasteiger partial charge in [-0.05, 0) is 215 Å². The summed E-state index contributed by atoms with van der Waals surface area (Å²) in [7, 11) is -11.9. The molecule has 0 saturated carbocycles. The average Bonchev–Trinajstić information content (AvgIpc) is 0.897. The number of sulfonamides is 1. The first kappa shape index (κ1) is 155. The molecule has 0 aliphatic rings. The Morgan fingerprint density at radius 1 is 0.400 bits per heavy atom. The molecule has 125 heavy (non-hydrogen) atoms. The van der Waals surface area contributed by atoms with Crippen LogP contribution in [0, 0.1) is 71.5 Å². The summed E-state index contributed by atoms with van der Waals surface area (Å²) in [6, 6.07) is 0. The van der Waals surface area contributed by atoms with Gasteiger partial charge >= 0.3 is 0 Å². The summed E-state index contributed by atoms with van der Waals surface area (Å²) in [5.74, 6) is 6.06. The SMILES string of the molecule is C.C#CC(=O)C(C)C.C/C=C/C(=O)C(C)C.C/C=C/C(=O)CC(C)C.C/C=C/S(=O)(=O)C(C)C.C=CC(=O)C(C)C.C=CC(=O)NC(C)(C)C.C=CC(=O)NCC(C)C.C=CC(=O)NCCC(C)C.C=CS(=O)(=O)C(C)C.C=CS(=O)(=O)NC(C)(C)C.CC(=O)C(C)C.CC(=O)C(C)C.CC(C)S(C)(=O)=O.CC/C=C/C(=O)C(C)C.CC/C=C/C(=O)CC(C)C. The number of sulfone groups is 3. The molecule has 0 fully saturated rings. The van der Waals surface area contributed by atoms with Crippen molar-refractivity contribution in [3.8, 4) is 12.3 Å². The number of hydrogen-bond acceptors (Lipinski definition) is 19. The topological polar surface area (TPSA) is 372 Å². The quantitative estimate of drug-likeness (QED) is 0.0276. The summed E-state index contributed by atoms with van der Waals surface area (Å²) in [6.45, 7) is 93.7. The smallest absolute Gasteiger partial charge is 0.243 e. The Labute approximate surface area is 767 Å². The van der Waals surface area contributed by atoms with Crippen molar-refractivity contribution in [2.75, 3.05) is 19.3 Å². The van der Waals surface area contributed by atoms with Crippen LogP contribution < -0.4 is 20.7 Å². The number of nitrogens with one attached hydrogen (secondary N) is 4. The first-order valence-corrected chi connectivity index (χ1v) is 48.8. The molecule has 0 aliphatic heterocycles. The lowest BCUT2D eigenvalue weighted by Crippen LogP contribution is -2.39. The third kappa shape index (κ3) is 157. The predicted molar refractivity (Wildman–Crippen MR) is 538 cm³/mol. The normalized spacial score (nSPS) is 10.7. The van der Waals surface area contributed by atoms with E-state index in [1.54, 1.807) is 133 Å². The highest BCUT2D eigenvalue weighted by Gasteiger charge is 2.17. The van der Waals surface area contributed by atoms with Crippen molar-refractivity contribution < 1.29 is 86.4 Å². The molecule has 0 atom stereocenters. The van der Waals surface area contributed by atoms with E-state index in [4.69, 9.17) is 6.42 Å². The summed E-state index contributed by atoms with van der Waals surface area (Å²) in [6.07, 6.45) is 30.9. The number of carbonyl (C=O) groups is 11. The van der Waals surface area contributed by atoms with Crippen molar-refractivity contribution >= 4 is 104 Å². The molecule has 734 valence electrons. The largest absolute Gasteiger partial charge is 0.353 e. The summed E-state index contributed by atoms with van der Waals surface area (Å²) >= 11 is 0. The monoisotopic (exact) mass is 1850 g/mol. The fourth-order valence-corrected chi connectivity index (χ4v) is 6.94. The summed E-state index contributed by atoms with van der Waals surface area (Å²) in [4.78, 5) is 116. The van der Waals surface area contributed by atoms with Crippen LogP contribution in [0.1, 0.15) is 310 Å². The van der Waals surface area contributed by atoms with Crippen LogP contribution in [0.4, 0.5) is 0 Å². The number of hydrogen-bond donors (Lipinski definition) is 4. The molecule has 0 unspecified atom stereocenters. The number of Topliss-reactive ketones (excluding diaryl/α,β-unsaturated/α-hetero) is 3. The molecule has 0 aromatic heterocycles. The van der Waals surface area contributed by atoms with E-state index in [9.17, 15) is 86.4 Å². The van der Waals surface area contributed by atoms with Gasteiger partial charge in [0.1, 0.15) is 21.4 Å². The zero-order valence-corrected chi connectivity index (χ0v) is 88.2. The van der Waals surface area contributed by atoms with Gasteiger partial charge in [0.05, 0.1) is 15.7 Å². The van der Waals surface area contributed by atoms with Gasteiger partial charge in [-0.25, -0.2) is 38.4 Å². The van der Waals surface area contributed by atoms with Crippen LogP contribution in [0.2, 0.25) is 0 Å². The molecular weight excluding hydrogens is 1670 g/mol. The molecular formula is C98H184N4O19S4. The van der Waals surface area contributed by atoms with Crippen LogP contribution in [0.5, 0.6) is 0 Å². The van der Waals surface area contributed by atoms with Crippen LogP contribution in [-0.4, -0.2) is 144 Å². The Balaban J connectivity index is -0.0000000729. The van der Waals surface area contributed by atoms with Gasteiger partial charge in [0.25, 0.3) is 0 Å². The van der Waals surface area contributed by atoms with Gasteiger partial charge in [-0.2, -0.15) is 0 Å². The molecule has 4 N–H and O–H groups in total. The number of carbonyl (C=O) groups excluding carboxylic acids is 11. The third-order valence-corrected chi connectivity index (χ3v) is 20.1. The van der Waals surface area contributed by atoms with E-state index in [1.165, 1.54) is 42.0 Å². The molecule has 0 radical (unpaired) electrons. The van der Waals surface area contributed by atoms with Crippen molar-refractivity contribution in [1.82, 2.24) is 20.7 Å². The molecule has 3 amide bonds. The van der Waals surface area contributed by atoms with Crippen LogP contribution >= 0.6 is 0 Å². The molecule has 0 rings (SSSR count). The molecule has 27 heteroatoms. The minimum atomic E-state index is -3.26. The van der Waals surface area contributed by atoms with E-state index in [0.717, 1.165) is 43.2 Å². The molecule has 0 aromatic rings. The van der Waals surface area contributed by atoms with E-state index in [-0.39, 0.29) is 128 Å². The fourth-order valence-electron chi connectivity index (χ4n) is 4.92. The second kappa shape index (κ2) is 93.9. The van der Waals surface area contributed by atoms with Crippen LogP contribution in [0.3, 0.4) is 0 Å². The van der Waals surface area contributed by atoms with Gasteiger partial charge in [0, 0.05) is 95.0 Å². The molecule has 0 bridgehead atoms. The van der Waals surface area contributed by atoms with E-state index < -0.39 is 45.1 Å². The van der Waals surface area contributed by atoms with Gasteiger partial charge in [-0.1, -0.05) is 230 Å². The second-order valence-corrected chi connectivity index (χ2v) is 42.7. The minimum Gasteiger partial charge on any atom is -0.353 e. The minimum absolute atomic E-state index is 0. The zero-order valence-electron chi connectivity index (χ0n) is 84.9. The molecule has 0 spiro atoms. The van der Waals surface area contributed by atoms with Crippen molar-refractivity contribution in [2.24, 2.45) is 59.2 Å². The Kier molecular flexibility index (Phi) is 116. The summed E-state index contributed by atoms with van der Waals surface area (Å²) in [5, 5.41) is 10.4. The first-order chi connectivity index (χ1) is 55.8. The predicted octanol–water partition coefficient (Wildman–Crippen LogP) is 21.0. The summed E-state index contributed by atoms with van der Waals surface area (Å²) in [5.41, 5.74) is -0.571.